The summed E-state index contributed by atoms with van der Waals surface area (Å²) in [7, 11) is -2.21. The van der Waals surface area contributed by atoms with Gasteiger partial charge in [0.1, 0.15) is 0 Å². The van der Waals surface area contributed by atoms with E-state index in [-0.39, 0.29) is 11.4 Å². The number of nitrogens with zero attached hydrogens (tertiary/aromatic N) is 2. The molecule has 7 heteroatoms. The van der Waals surface area contributed by atoms with E-state index in [1.54, 1.807) is 6.07 Å². The van der Waals surface area contributed by atoms with Gasteiger partial charge in [0.25, 0.3) is 5.69 Å². The van der Waals surface area contributed by atoms with Crippen molar-refractivity contribution < 1.29 is 9.13 Å². The van der Waals surface area contributed by atoms with Crippen LogP contribution in [0, 0.1) is 10.1 Å². The second-order valence-corrected chi connectivity index (χ2v) is 6.98. The van der Waals surface area contributed by atoms with E-state index in [2.05, 4.69) is 20.3 Å². The molecule has 1 saturated heterocycles. The first-order valence-corrected chi connectivity index (χ1v) is 7.31. The van der Waals surface area contributed by atoms with Crippen molar-refractivity contribution in [3.05, 3.63) is 32.8 Å². The molecule has 1 fully saturated rings. The minimum absolute atomic E-state index is 0.107. The summed E-state index contributed by atoms with van der Waals surface area (Å²) in [6.07, 6.45) is 0.882. The van der Waals surface area contributed by atoms with Crippen LogP contribution >= 0.6 is 15.9 Å². The summed E-state index contributed by atoms with van der Waals surface area (Å²) in [5, 5.41) is 10.8. The molecule has 0 unspecified atom stereocenters. The highest BCUT2D eigenvalue weighted by Crippen LogP contribution is 2.32. The van der Waals surface area contributed by atoms with Crippen molar-refractivity contribution >= 4 is 37.0 Å². The Morgan fingerprint density at radius 2 is 2.12 bits per heavy atom. The molecule has 0 spiro atoms. The summed E-state index contributed by atoms with van der Waals surface area (Å²) in [5.41, 5.74) is 0.0990. The maximum absolute atomic E-state index is 11.9. The second-order valence-electron chi connectivity index (χ2n) is 3.52. The number of halogens is 1. The molecule has 1 aliphatic heterocycles. The smallest absolute Gasteiger partial charge is 0.258 e. The molecule has 16 heavy (non-hydrogen) atoms. The lowest BCUT2D eigenvalue weighted by atomic mass is 10.3. The summed E-state index contributed by atoms with van der Waals surface area (Å²) < 4.78 is 16.5. The predicted octanol–water partition coefficient (Wildman–Crippen LogP) is 2.86. The molecule has 0 bridgehead atoms. The lowest BCUT2D eigenvalue weighted by Crippen LogP contribution is -2.23. The van der Waals surface area contributed by atoms with Gasteiger partial charge >= 0.3 is 0 Å². The van der Waals surface area contributed by atoms with E-state index in [4.69, 9.17) is 0 Å². The van der Waals surface area contributed by atoms with Crippen LogP contribution in [0.2, 0.25) is 0 Å². The number of hydrogen-bond acceptors (Lipinski definition) is 4. The van der Waals surface area contributed by atoms with Crippen LogP contribution in [0.3, 0.4) is 0 Å². The molecule has 1 aliphatic rings. The number of benzene rings is 1. The molecule has 0 aliphatic carbocycles. The first kappa shape index (κ1) is 11.5. The van der Waals surface area contributed by atoms with Crippen LogP contribution in [0.1, 0.15) is 6.42 Å². The summed E-state index contributed by atoms with van der Waals surface area (Å²) in [4.78, 5) is 10.3. The second kappa shape index (κ2) is 4.14. The number of rotatable bonds is 2. The molecule has 5 nitrogen and oxygen atoms in total. The average Bonchev–Trinajstić information content (AvgIpc) is 2.18. The van der Waals surface area contributed by atoms with Gasteiger partial charge in [0.05, 0.1) is 14.7 Å². The zero-order valence-corrected chi connectivity index (χ0v) is 10.7. The number of hydrogen-bond donors (Lipinski definition) is 0. The SMILES string of the molecule is O=[N+]([O-])c1cc(Br)ccc1N=S1(=O)CCC1. The summed E-state index contributed by atoms with van der Waals surface area (Å²) in [5.74, 6) is 1.08. The van der Waals surface area contributed by atoms with E-state index < -0.39 is 14.7 Å². The molecular weight excluding hydrogens is 296 g/mol. The standard InChI is InChI=1S/C9H9BrN2O3S/c10-7-2-3-8(9(6-7)12(13)14)11-16(15)4-1-5-16/h2-3,6H,1,4-5H2. The van der Waals surface area contributed by atoms with Gasteiger partial charge in [-0.1, -0.05) is 15.9 Å². The first-order chi connectivity index (χ1) is 7.50. The van der Waals surface area contributed by atoms with Gasteiger partial charge in [-0.15, -0.1) is 0 Å². The van der Waals surface area contributed by atoms with Crippen LogP contribution in [0.15, 0.2) is 27.0 Å². The van der Waals surface area contributed by atoms with Gasteiger partial charge < -0.3 is 0 Å². The maximum Gasteiger partial charge on any atom is 0.296 e. The lowest BCUT2D eigenvalue weighted by Gasteiger charge is -2.17. The maximum atomic E-state index is 11.9. The molecule has 0 N–H and O–H groups in total. The van der Waals surface area contributed by atoms with Gasteiger partial charge in [-0.05, 0) is 18.6 Å². The van der Waals surface area contributed by atoms with Crippen molar-refractivity contribution in [2.75, 3.05) is 11.5 Å². The van der Waals surface area contributed by atoms with Crippen molar-refractivity contribution in [2.45, 2.75) is 6.42 Å². The quantitative estimate of drug-likeness (QED) is 0.623. The van der Waals surface area contributed by atoms with Crippen LogP contribution in [0.4, 0.5) is 11.4 Å². The molecule has 0 amide bonds. The van der Waals surface area contributed by atoms with E-state index in [9.17, 15) is 14.3 Å². The van der Waals surface area contributed by atoms with Crippen molar-refractivity contribution in [3.8, 4) is 0 Å². The number of nitro groups is 1. The Hall–Kier alpha value is -0.950. The molecule has 0 aromatic heterocycles. The summed E-state index contributed by atoms with van der Waals surface area (Å²) >= 11 is 3.16. The normalized spacial score (nSPS) is 17.6. The third kappa shape index (κ3) is 2.25. The average molecular weight is 305 g/mol. The van der Waals surface area contributed by atoms with E-state index >= 15 is 0 Å². The summed E-state index contributed by atoms with van der Waals surface area (Å²) in [6.45, 7) is 0. The Labute approximate surface area is 101 Å². The Balaban J connectivity index is 2.53. The monoisotopic (exact) mass is 304 g/mol. The molecule has 1 aromatic carbocycles. The Morgan fingerprint density at radius 1 is 1.44 bits per heavy atom. The molecule has 0 atom stereocenters. The van der Waals surface area contributed by atoms with Crippen LogP contribution in [0.25, 0.3) is 0 Å². The topological polar surface area (TPSA) is 72.6 Å². The molecule has 86 valence electrons. The Bertz CT molecular complexity index is 554. The fourth-order valence-electron chi connectivity index (χ4n) is 1.38. The van der Waals surface area contributed by atoms with Gasteiger partial charge in [-0.2, -0.15) is 4.36 Å². The van der Waals surface area contributed by atoms with E-state index in [1.807, 2.05) is 0 Å². The zero-order chi connectivity index (χ0) is 11.8. The molecular formula is C9H9BrN2O3S. The largest absolute Gasteiger partial charge is 0.296 e. The highest BCUT2D eigenvalue weighted by molar-refractivity contribution is 9.10. The van der Waals surface area contributed by atoms with Crippen LogP contribution in [-0.4, -0.2) is 20.6 Å². The van der Waals surface area contributed by atoms with Crippen LogP contribution in [0.5, 0.6) is 0 Å². The first-order valence-electron chi connectivity index (χ1n) is 4.67. The van der Waals surface area contributed by atoms with Gasteiger partial charge in [-0.25, -0.2) is 4.21 Å². The fourth-order valence-corrected chi connectivity index (χ4v) is 3.21. The van der Waals surface area contributed by atoms with Gasteiger partial charge in [0, 0.05) is 22.0 Å². The summed E-state index contributed by atoms with van der Waals surface area (Å²) in [6, 6.07) is 4.56. The Kier molecular flexibility index (Phi) is 2.98. The van der Waals surface area contributed by atoms with Crippen molar-refractivity contribution in [2.24, 2.45) is 4.36 Å². The third-order valence-corrected chi connectivity index (χ3v) is 5.20. The van der Waals surface area contributed by atoms with E-state index in [1.165, 1.54) is 12.1 Å². The third-order valence-electron chi connectivity index (χ3n) is 2.33. The van der Waals surface area contributed by atoms with E-state index in [0.717, 1.165) is 6.42 Å². The zero-order valence-electron chi connectivity index (χ0n) is 8.26. The van der Waals surface area contributed by atoms with Crippen molar-refractivity contribution in [1.29, 1.82) is 0 Å². The van der Waals surface area contributed by atoms with Crippen molar-refractivity contribution in [1.82, 2.24) is 0 Å². The lowest BCUT2D eigenvalue weighted by molar-refractivity contribution is -0.384. The van der Waals surface area contributed by atoms with Gasteiger partial charge in [0.15, 0.2) is 5.69 Å². The fraction of sp³-hybridized carbons (Fsp3) is 0.333. The van der Waals surface area contributed by atoms with Gasteiger partial charge in [0.2, 0.25) is 0 Å². The van der Waals surface area contributed by atoms with Crippen LogP contribution < -0.4 is 0 Å². The molecule has 0 radical (unpaired) electrons. The molecule has 1 heterocycles. The molecule has 2 rings (SSSR count). The van der Waals surface area contributed by atoms with E-state index in [0.29, 0.717) is 16.0 Å². The highest BCUT2D eigenvalue weighted by atomic mass is 79.9. The minimum atomic E-state index is -2.21. The minimum Gasteiger partial charge on any atom is -0.258 e. The van der Waals surface area contributed by atoms with Gasteiger partial charge in [-0.3, -0.25) is 10.1 Å². The van der Waals surface area contributed by atoms with Crippen molar-refractivity contribution in [3.63, 3.8) is 0 Å². The molecule has 1 aromatic rings. The molecule has 0 saturated carbocycles. The number of nitro benzene ring substituents is 1. The predicted molar refractivity (Wildman–Crippen MR) is 65.4 cm³/mol. The Morgan fingerprint density at radius 3 is 2.62 bits per heavy atom. The highest BCUT2D eigenvalue weighted by Gasteiger charge is 2.22. The van der Waals surface area contributed by atoms with Crippen LogP contribution in [-0.2, 0) is 9.73 Å².